The number of esters is 1. The monoisotopic (exact) mass is 368 g/mol. The summed E-state index contributed by atoms with van der Waals surface area (Å²) in [7, 11) is -3.05. The minimum atomic E-state index is -3.05. The zero-order valence-corrected chi connectivity index (χ0v) is 15.3. The topological polar surface area (TPSA) is 92.8 Å². The van der Waals surface area contributed by atoms with Gasteiger partial charge in [-0.15, -0.1) is 0 Å². The second-order valence-electron chi connectivity index (χ2n) is 5.86. The van der Waals surface area contributed by atoms with Gasteiger partial charge in [-0.3, -0.25) is 4.79 Å². The third-order valence-corrected chi connectivity index (χ3v) is 5.91. The molecule has 138 valence electrons. The molecule has 1 heterocycles. The molecule has 1 unspecified atom stereocenters. The number of likely N-dealkylation sites (N-methyl/N-ethyl adjacent to an activating group) is 1. The van der Waals surface area contributed by atoms with Gasteiger partial charge in [-0.1, -0.05) is 12.1 Å². The first-order valence-corrected chi connectivity index (χ1v) is 10.2. The fraction of sp³-hybridized carbons (Fsp3) is 0.529. The van der Waals surface area contributed by atoms with Crippen LogP contribution in [0, 0.1) is 0 Å². The van der Waals surface area contributed by atoms with Crippen LogP contribution >= 0.6 is 0 Å². The Morgan fingerprint density at radius 3 is 2.60 bits per heavy atom. The smallest absolute Gasteiger partial charge is 0.340 e. The third-order valence-electron chi connectivity index (χ3n) is 4.16. The van der Waals surface area contributed by atoms with Crippen molar-refractivity contribution in [2.45, 2.75) is 26.3 Å². The second-order valence-corrected chi connectivity index (χ2v) is 8.08. The number of carbonyl (C=O) groups excluding carboxylic acids is 2. The minimum absolute atomic E-state index is 0.0131. The molecule has 1 fully saturated rings. The predicted molar refractivity (Wildman–Crippen MR) is 95.3 cm³/mol. The molecular formula is C17H24N2O5S. The van der Waals surface area contributed by atoms with Crippen molar-refractivity contribution in [1.29, 1.82) is 0 Å². The molecule has 1 aromatic carbocycles. The molecule has 0 bridgehead atoms. The van der Waals surface area contributed by atoms with Gasteiger partial charge in [0, 0.05) is 18.3 Å². The summed E-state index contributed by atoms with van der Waals surface area (Å²) in [5, 5.41) is 2.97. The maximum atomic E-state index is 12.5. The standard InChI is InChI=1S/C17H24N2O5S/c1-3-19(13-9-10-25(22,23)12-13)16(20)11-18-15-8-6-5-7-14(15)17(21)24-4-2/h5-8,13,18H,3-4,9-12H2,1-2H3. The lowest BCUT2D eigenvalue weighted by Gasteiger charge is -2.27. The second kappa shape index (κ2) is 8.33. The number of ether oxygens (including phenoxy) is 1. The molecule has 1 saturated heterocycles. The zero-order valence-electron chi connectivity index (χ0n) is 14.5. The highest BCUT2D eigenvalue weighted by Crippen LogP contribution is 2.19. The molecule has 0 radical (unpaired) electrons. The average molecular weight is 368 g/mol. The summed E-state index contributed by atoms with van der Waals surface area (Å²) < 4.78 is 28.3. The number of hydrogen-bond acceptors (Lipinski definition) is 6. The van der Waals surface area contributed by atoms with Crippen LogP contribution in [0.3, 0.4) is 0 Å². The summed E-state index contributed by atoms with van der Waals surface area (Å²) in [5.41, 5.74) is 0.882. The van der Waals surface area contributed by atoms with E-state index in [0.717, 1.165) is 0 Å². The quantitative estimate of drug-likeness (QED) is 0.730. The first-order chi connectivity index (χ1) is 11.9. The summed E-state index contributed by atoms with van der Waals surface area (Å²) >= 11 is 0. The molecule has 1 aromatic rings. The Morgan fingerprint density at radius 1 is 1.28 bits per heavy atom. The van der Waals surface area contributed by atoms with Crippen LogP contribution in [0.15, 0.2) is 24.3 Å². The first kappa shape index (κ1) is 19.2. The number of benzene rings is 1. The number of para-hydroxylation sites is 1. The lowest BCUT2D eigenvalue weighted by molar-refractivity contribution is -0.130. The number of carbonyl (C=O) groups is 2. The van der Waals surface area contributed by atoms with E-state index in [9.17, 15) is 18.0 Å². The molecule has 1 atom stereocenters. The maximum Gasteiger partial charge on any atom is 0.340 e. The lowest BCUT2D eigenvalue weighted by Crippen LogP contribution is -2.43. The van der Waals surface area contributed by atoms with E-state index in [2.05, 4.69) is 5.32 Å². The highest BCUT2D eigenvalue weighted by Gasteiger charge is 2.33. The number of amides is 1. The van der Waals surface area contributed by atoms with Crippen molar-refractivity contribution in [3.8, 4) is 0 Å². The number of nitrogens with one attached hydrogen (secondary N) is 1. The van der Waals surface area contributed by atoms with Crippen LogP contribution in [-0.4, -0.2) is 62.4 Å². The SMILES string of the molecule is CCOC(=O)c1ccccc1NCC(=O)N(CC)C1CCS(=O)(=O)C1. The number of anilines is 1. The van der Waals surface area contributed by atoms with E-state index < -0.39 is 15.8 Å². The largest absolute Gasteiger partial charge is 0.462 e. The Balaban J connectivity index is 2.03. The van der Waals surface area contributed by atoms with Gasteiger partial charge in [-0.25, -0.2) is 13.2 Å². The highest BCUT2D eigenvalue weighted by atomic mass is 32.2. The Morgan fingerprint density at radius 2 is 2.00 bits per heavy atom. The van der Waals surface area contributed by atoms with Crippen LogP contribution in [0.2, 0.25) is 0 Å². The van der Waals surface area contributed by atoms with Gasteiger partial charge < -0.3 is 15.0 Å². The molecule has 0 saturated carbocycles. The van der Waals surface area contributed by atoms with Crippen molar-refractivity contribution >= 4 is 27.4 Å². The van der Waals surface area contributed by atoms with Gasteiger partial charge in [0.2, 0.25) is 5.91 Å². The van der Waals surface area contributed by atoms with Gasteiger partial charge in [0.25, 0.3) is 0 Å². The van der Waals surface area contributed by atoms with Crippen molar-refractivity contribution in [2.75, 3.05) is 36.5 Å². The van der Waals surface area contributed by atoms with Gasteiger partial charge in [-0.2, -0.15) is 0 Å². The van der Waals surface area contributed by atoms with Crippen LogP contribution in [0.1, 0.15) is 30.6 Å². The molecule has 0 aliphatic carbocycles. The number of sulfone groups is 1. The number of nitrogens with zero attached hydrogens (tertiary/aromatic N) is 1. The predicted octanol–water partition coefficient (Wildman–Crippen LogP) is 1.31. The maximum absolute atomic E-state index is 12.5. The van der Waals surface area contributed by atoms with E-state index in [-0.39, 0.29) is 36.6 Å². The van der Waals surface area contributed by atoms with Crippen molar-refractivity contribution in [2.24, 2.45) is 0 Å². The Hall–Kier alpha value is -2.09. The van der Waals surface area contributed by atoms with E-state index in [4.69, 9.17) is 4.74 Å². The summed E-state index contributed by atoms with van der Waals surface area (Å²) in [6, 6.07) is 6.55. The molecule has 1 aliphatic rings. The summed E-state index contributed by atoms with van der Waals surface area (Å²) in [4.78, 5) is 26.0. The Bertz CT molecular complexity index is 732. The van der Waals surface area contributed by atoms with Crippen molar-refractivity contribution < 1.29 is 22.7 Å². The van der Waals surface area contributed by atoms with Crippen molar-refractivity contribution in [3.63, 3.8) is 0 Å². The van der Waals surface area contributed by atoms with Crippen LogP contribution in [0.4, 0.5) is 5.69 Å². The van der Waals surface area contributed by atoms with Crippen LogP contribution in [-0.2, 0) is 19.4 Å². The molecular weight excluding hydrogens is 344 g/mol. The van der Waals surface area contributed by atoms with Gasteiger partial charge >= 0.3 is 5.97 Å². The molecule has 1 N–H and O–H groups in total. The summed E-state index contributed by atoms with van der Waals surface area (Å²) in [6.45, 7) is 4.26. The minimum Gasteiger partial charge on any atom is -0.462 e. The molecule has 8 heteroatoms. The van der Waals surface area contributed by atoms with Crippen molar-refractivity contribution in [3.05, 3.63) is 29.8 Å². The van der Waals surface area contributed by atoms with E-state index in [1.54, 1.807) is 36.1 Å². The van der Waals surface area contributed by atoms with E-state index in [1.807, 2.05) is 6.92 Å². The summed E-state index contributed by atoms with van der Waals surface area (Å²) in [5.74, 6) is -0.498. The highest BCUT2D eigenvalue weighted by molar-refractivity contribution is 7.91. The van der Waals surface area contributed by atoms with Gasteiger partial charge in [0.15, 0.2) is 9.84 Å². The van der Waals surface area contributed by atoms with Gasteiger partial charge in [0.1, 0.15) is 0 Å². The van der Waals surface area contributed by atoms with Crippen LogP contribution in [0.5, 0.6) is 0 Å². The lowest BCUT2D eigenvalue weighted by atomic mass is 10.1. The Kier molecular flexibility index (Phi) is 6.41. The molecule has 1 aliphatic heterocycles. The van der Waals surface area contributed by atoms with Crippen LogP contribution < -0.4 is 5.32 Å². The molecule has 0 spiro atoms. The zero-order chi connectivity index (χ0) is 18.4. The Labute approximate surface area is 148 Å². The fourth-order valence-electron chi connectivity index (χ4n) is 2.96. The molecule has 1 amide bonds. The van der Waals surface area contributed by atoms with Crippen LogP contribution in [0.25, 0.3) is 0 Å². The molecule has 25 heavy (non-hydrogen) atoms. The number of rotatable bonds is 7. The molecule has 7 nitrogen and oxygen atoms in total. The van der Waals surface area contributed by atoms with E-state index >= 15 is 0 Å². The van der Waals surface area contributed by atoms with Crippen molar-refractivity contribution in [1.82, 2.24) is 4.90 Å². The molecule has 0 aromatic heterocycles. The number of hydrogen-bond donors (Lipinski definition) is 1. The normalized spacial score (nSPS) is 18.6. The van der Waals surface area contributed by atoms with Gasteiger partial charge in [-0.05, 0) is 32.4 Å². The van der Waals surface area contributed by atoms with E-state index in [0.29, 0.717) is 24.2 Å². The summed E-state index contributed by atoms with van der Waals surface area (Å²) in [6.07, 6.45) is 0.474. The van der Waals surface area contributed by atoms with E-state index in [1.165, 1.54) is 0 Å². The molecule has 2 rings (SSSR count). The third kappa shape index (κ3) is 4.94. The van der Waals surface area contributed by atoms with Gasteiger partial charge in [0.05, 0.1) is 30.2 Å². The fourth-order valence-corrected chi connectivity index (χ4v) is 4.69. The first-order valence-electron chi connectivity index (χ1n) is 8.37. The average Bonchev–Trinajstić information content (AvgIpc) is 2.93.